The summed E-state index contributed by atoms with van der Waals surface area (Å²) in [6, 6.07) is 10.8. The van der Waals surface area contributed by atoms with Gasteiger partial charge in [-0.25, -0.2) is 0 Å². The maximum atomic E-state index is 13.0. The lowest BCUT2D eigenvalue weighted by atomic mass is 9.91. The van der Waals surface area contributed by atoms with E-state index in [2.05, 4.69) is 25.2 Å². The molecule has 3 unspecified atom stereocenters. The number of nitriles is 1. The first-order valence-electron chi connectivity index (χ1n) is 11.6. The molecule has 2 heterocycles. The molecule has 0 bridgehead atoms. The number of hydrogen-bond donors (Lipinski definition) is 1. The highest BCUT2D eigenvalue weighted by Crippen LogP contribution is 2.44. The lowest BCUT2D eigenvalue weighted by Crippen LogP contribution is -2.30. The van der Waals surface area contributed by atoms with E-state index in [-0.39, 0.29) is 35.5 Å². The molecule has 1 amide bonds. The van der Waals surface area contributed by atoms with Crippen molar-refractivity contribution >= 4 is 23.3 Å². The zero-order valence-corrected chi connectivity index (χ0v) is 20.7. The Morgan fingerprint density at radius 3 is 2.39 bits per heavy atom. The molecule has 178 valence electrons. The summed E-state index contributed by atoms with van der Waals surface area (Å²) >= 11 is 6.11. The van der Waals surface area contributed by atoms with Gasteiger partial charge in [0.05, 0.1) is 30.8 Å². The van der Waals surface area contributed by atoms with Crippen molar-refractivity contribution in [3.63, 3.8) is 0 Å². The Morgan fingerprint density at radius 1 is 1.21 bits per heavy atom. The van der Waals surface area contributed by atoms with E-state index >= 15 is 0 Å². The fraction of sp³-hybridized carbons (Fsp3) is 0.500. The summed E-state index contributed by atoms with van der Waals surface area (Å²) in [5.74, 6) is 0.0517. The number of nitrogens with zero attached hydrogens (tertiary/aromatic N) is 1. The van der Waals surface area contributed by atoms with Gasteiger partial charge in [-0.3, -0.25) is 9.59 Å². The second kappa shape index (κ2) is 12.6. The van der Waals surface area contributed by atoms with Crippen molar-refractivity contribution in [3.8, 4) is 6.07 Å². The van der Waals surface area contributed by atoms with Gasteiger partial charge in [0.2, 0.25) is 0 Å². The second-order valence-electron chi connectivity index (χ2n) is 7.99. The molecule has 2 aliphatic rings. The van der Waals surface area contributed by atoms with Gasteiger partial charge >= 0.3 is 0 Å². The third-order valence-electron chi connectivity index (χ3n) is 5.47. The van der Waals surface area contributed by atoms with Crippen LogP contribution in [0.5, 0.6) is 0 Å². The first-order chi connectivity index (χ1) is 15.9. The summed E-state index contributed by atoms with van der Waals surface area (Å²) in [5, 5.41) is 12.9. The highest BCUT2D eigenvalue weighted by Gasteiger charge is 2.55. The van der Waals surface area contributed by atoms with Gasteiger partial charge < -0.3 is 14.5 Å². The van der Waals surface area contributed by atoms with Crippen LogP contribution in [0.1, 0.15) is 85.6 Å². The van der Waals surface area contributed by atoms with Crippen LogP contribution < -0.4 is 5.32 Å². The Labute approximate surface area is 201 Å². The molecule has 0 radical (unpaired) electrons. The van der Waals surface area contributed by atoms with E-state index in [1.807, 2.05) is 19.9 Å². The van der Waals surface area contributed by atoms with Crippen molar-refractivity contribution in [2.75, 3.05) is 13.2 Å². The highest BCUT2D eigenvalue weighted by atomic mass is 35.5. The number of carbonyl (C=O) groups is 2. The van der Waals surface area contributed by atoms with Gasteiger partial charge in [0, 0.05) is 42.3 Å². The molecule has 4 rings (SSSR count). The monoisotopic (exact) mass is 472 g/mol. The molecule has 3 atom stereocenters. The quantitative estimate of drug-likeness (QED) is 0.520. The maximum Gasteiger partial charge on any atom is 0.255 e. The van der Waals surface area contributed by atoms with E-state index in [1.54, 1.807) is 18.2 Å². The van der Waals surface area contributed by atoms with Crippen LogP contribution in [0.15, 0.2) is 34.7 Å². The molecular formula is C26H33ClN2O4. The summed E-state index contributed by atoms with van der Waals surface area (Å²) in [5.41, 5.74) is 1.04. The van der Waals surface area contributed by atoms with E-state index in [0.29, 0.717) is 35.8 Å². The van der Waals surface area contributed by atoms with Gasteiger partial charge in [-0.2, -0.15) is 5.26 Å². The van der Waals surface area contributed by atoms with E-state index < -0.39 is 5.92 Å². The Balaban J connectivity index is 0.000000714. The zero-order chi connectivity index (χ0) is 24.5. The fourth-order valence-electron chi connectivity index (χ4n) is 3.87. The topological polar surface area (TPSA) is 92.3 Å². The predicted molar refractivity (Wildman–Crippen MR) is 129 cm³/mol. The lowest BCUT2D eigenvalue weighted by molar-refractivity contribution is 0.0924. The van der Waals surface area contributed by atoms with Crippen molar-refractivity contribution in [2.45, 2.75) is 59.4 Å². The average molecular weight is 473 g/mol. The number of rotatable bonds is 6. The summed E-state index contributed by atoms with van der Waals surface area (Å²) in [7, 11) is 0. The largest absolute Gasteiger partial charge is 0.456 e. The first kappa shape index (κ1) is 26.6. The van der Waals surface area contributed by atoms with Crippen LogP contribution in [0.4, 0.5) is 0 Å². The summed E-state index contributed by atoms with van der Waals surface area (Å²) in [6.45, 7) is 10.9. The van der Waals surface area contributed by atoms with Gasteiger partial charge in [0.25, 0.3) is 5.91 Å². The Kier molecular flexibility index (Phi) is 10.1. The Bertz CT molecular complexity index is 984. The highest BCUT2D eigenvalue weighted by molar-refractivity contribution is 6.30. The molecule has 1 saturated carbocycles. The molecule has 1 aliphatic carbocycles. The summed E-state index contributed by atoms with van der Waals surface area (Å²) < 4.78 is 11.1. The lowest BCUT2D eigenvalue weighted by Gasteiger charge is -2.15. The number of furan rings is 1. The van der Waals surface area contributed by atoms with Gasteiger partial charge in [-0.05, 0) is 17.7 Å². The first-order valence-corrected chi connectivity index (χ1v) is 11.9. The average Bonchev–Trinajstić information content (AvgIpc) is 3.18. The third kappa shape index (κ3) is 6.46. The SMILES string of the molecule is CC.CC(=O)c1cc(C(=O)NC2C3COCC32)c(C(CC#N)c2cccc(Cl)c2)o1.CCC. The van der Waals surface area contributed by atoms with Crippen LogP contribution in [0.2, 0.25) is 5.02 Å². The van der Waals surface area contributed by atoms with Gasteiger partial charge in [0.15, 0.2) is 11.5 Å². The van der Waals surface area contributed by atoms with Crippen LogP contribution in [-0.2, 0) is 4.74 Å². The number of ketones is 1. The molecule has 7 heteroatoms. The van der Waals surface area contributed by atoms with Crippen LogP contribution in [0.3, 0.4) is 0 Å². The van der Waals surface area contributed by atoms with Crippen molar-refractivity contribution in [1.82, 2.24) is 5.32 Å². The molecule has 2 fully saturated rings. The number of benzene rings is 1. The molecule has 1 N–H and O–H groups in total. The van der Waals surface area contributed by atoms with E-state index in [0.717, 1.165) is 5.56 Å². The molecule has 1 aromatic heterocycles. The number of amides is 1. The molecule has 6 nitrogen and oxygen atoms in total. The van der Waals surface area contributed by atoms with Crippen molar-refractivity contribution in [3.05, 3.63) is 58.0 Å². The van der Waals surface area contributed by atoms with Crippen LogP contribution in [-0.4, -0.2) is 30.9 Å². The minimum absolute atomic E-state index is 0.0883. The third-order valence-corrected chi connectivity index (χ3v) is 5.70. The fourth-order valence-corrected chi connectivity index (χ4v) is 4.07. The number of Topliss-reactive ketones (excluding diaryl/α,β-unsaturated/α-hetero) is 1. The van der Waals surface area contributed by atoms with Crippen molar-refractivity contribution in [1.29, 1.82) is 5.26 Å². The maximum absolute atomic E-state index is 13.0. The Morgan fingerprint density at radius 2 is 1.85 bits per heavy atom. The number of nitrogens with one attached hydrogen (secondary N) is 1. The minimum Gasteiger partial charge on any atom is -0.456 e. The van der Waals surface area contributed by atoms with Gasteiger partial charge in [0.1, 0.15) is 5.76 Å². The zero-order valence-electron chi connectivity index (χ0n) is 20.0. The second-order valence-corrected chi connectivity index (χ2v) is 8.42. The number of halogens is 1. The molecule has 1 aliphatic heterocycles. The van der Waals surface area contributed by atoms with Gasteiger partial charge in [-0.1, -0.05) is 57.8 Å². The number of fused-ring (bicyclic) bond motifs is 1. The van der Waals surface area contributed by atoms with E-state index in [4.69, 9.17) is 20.8 Å². The number of carbonyl (C=O) groups excluding carboxylic acids is 2. The normalized spacial score (nSPS) is 20.7. The predicted octanol–water partition coefficient (Wildman–Crippen LogP) is 6.00. The van der Waals surface area contributed by atoms with Crippen LogP contribution in [0, 0.1) is 23.2 Å². The molecule has 1 saturated heterocycles. The molecule has 33 heavy (non-hydrogen) atoms. The number of hydrogen-bond acceptors (Lipinski definition) is 5. The van der Waals surface area contributed by atoms with Crippen LogP contribution in [0.25, 0.3) is 0 Å². The molecule has 0 spiro atoms. The smallest absolute Gasteiger partial charge is 0.255 e. The van der Waals surface area contributed by atoms with Gasteiger partial charge in [-0.15, -0.1) is 0 Å². The van der Waals surface area contributed by atoms with E-state index in [1.165, 1.54) is 19.4 Å². The van der Waals surface area contributed by atoms with Crippen LogP contribution >= 0.6 is 11.6 Å². The molecule has 1 aromatic carbocycles. The summed E-state index contributed by atoms with van der Waals surface area (Å²) in [6.07, 6.45) is 1.34. The van der Waals surface area contributed by atoms with Crippen molar-refractivity contribution in [2.24, 2.45) is 11.8 Å². The van der Waals surface area contributed by atoms with Crippen molar-refractivity contribution < 1.29 is 18.7 Å². The molecular weight excluding hydrogens is 440 g/mol. The number of ether oxygens (including phenoxy) is 1. The molecule has 2 aromatic rings. The van der Waals surface area contributed by atoms with E-state index in [9.17, 15) is 14.9 Å². The Hall–Kier alpha value is -2.62. The summed E-state index contributed by atoms with van der Waals surface area (Å²) in [4.78, 5) is 24.8. The minimum atomic E-state index is -0.500. The standard InChI is InChI=1S/C21H19ClN2O4.C3H8.C2H6/c1-11(25)18-8-15(21(26)24-19-16-9-27-10-17(16)19)20(28-18)14(5-6-23)12-3-2-4-13(22)7-12;1-3-2;1-2/h2-4,7-8,14,16-17,19H,5,9-10H2,1H3,(H,24,26);3H2,1-2H3;1-2H3.